The first-order chi connectivity index (χ1) is 12.0. The fourth-order valence-electron chi connectivity index (χ4n) is 2.37. The highest BCUT2D eigenvalue weighted by Gasteiger charge is 2.14. The van der Waals surface area contributed by atoms with Crippen LogP contribution in [0.5, 0.6) is 0 Å². The van der Waals surface area contributed by atoms with Gasteiger partial charge in [0.2, 0.25) is 10.0 Å². The topological polar surface area (TPSA) is 91.1 Å². The Morgan fingerprint density at radius 3 is 2.60 bits per heavy atom. The zero-order valence-corrected chi connectivity index (χ0v) is 14.7. The molecule has 3 rings (SSSR count). The normalized spacial score (nSPS) is 11.6. The minimum atomic E-state index is -3.66. The average Bonchev–Trinajstić information content (AvgIpc) is 3.03. The van der Waals surface area contributed by atoms with Gasteiger partial charge in [-0.05, 0) is 30.3 Å². The number of amides is 1. The molecule has 25 heavy (non-hydrogen) atoms. The van der Waals surface area contributed by atoms with E-state index < -0.39 is 10.0 Å². The van der Waals surface area contributed by atoms with E-state index in [1.54, 1.807) is 18.2 Å². The molecule has 0 aliphatic heterocycles. The lowest BCUT2D eigenvalue weighted by Crippen LogP contribution is -2.34. The molecule has 6 nitrogen and oxygen atoms in total. The molecule has 1 amide bonds. The first-order valence-electron chi connectivity index (χ1n) is 7.57. The van der Waals surface area contributed by atoms with E-state index in [0.717, 1.165) is 10.9 Å². The molecule has 130 valence electrons. The van der Waals surface area contributed by atoms with Crippen LogP contribution in [0.4, 0.5) is 0 Å². The van der Waals surface area contributed by atoms with Crippen molar-refractivity contribution in [1.29, 1.82) is 0 Å². The van der Waals surface area contributed by atoms with Crippen LogP contribution in [-0.2, 0) is 10.0 Å². The Morgan fingerprint density at radius 2 is 1.84 bits per heavy atom. The fraction of sp³-hybridized carbons (Fsp3) is 0.118. The summed E-state index contributed by atoms with van der Waals surface area (Å²) in [7, 11) is -3.66. The summed E-state index contributed by atoms with van der Waals surface area (Å²) in [6.07, 6.45) is 0. The van der Waals surface area contributed by atoms with Crippen molar-refractivity contribution in [2.45, 2.75) is 4.90 Å². The van der Waals surface area contributed by atoms with Gasteiger partial charge >= 0.3 is 0 Å². The van der Waals surface area contributed by atoms with E-state index in [4.69, 9.17) is 11.6 Å². The smallest absolute Gasteiger partial charge is 0.267 e. The molecule has 8 heteroatoms. The van der Waals surface area contributed by atoms with Gasteiger partial charge in [-0.1, -0.05) is 35.9 Å². The number of aromatic amines is 1. The monoisotopic (exact) mass is 377 g/mol. The van der Waals surface area contributed by atoms with Gasteiger partial charge < -0.3 is 10.3 Å². The number of carbonyl (C=O) groups is 1. The molecule has 0 saturated heterocycles. The van der Waals surface area contributed by atoms with Crippen molar-refractivity contribution in [2.24, 2.45) is 0 Å². The van der Waals surface area contributed by atoms with E-state index >= 15 is 0 Å². The number of carbonyl (C=O) groups excluding carboxylic acids is 1. The van der Waals surface area contributed by atoms with Gasteiger partial charge in [0.05, 0.1) is 4.90 Å². The highest BCUT2D eigenvalue weighted by molar-refractivity contribution is 7.89. The summed E-state index contributed by atoms with van der Waals surface area (Å²) in [5, 5.41) is 3.95. The van der Waals surface area contributed by atoms with Crippen molar-refractivity contribution in [3.8, 4) is 0 Å². The molecule has 0 bridgehead atoms. The number of sulfonamides is 1. The SMILES string of the molecule is O=C(NCCNS(=O)(=O)c1cccc(Cl)c1)c1cc2ccccc2[nH]1. The Balaban J connectivity index is 1.55. The van der Waals surface area contributed by atoms with Gasteiger partial charge in [-0.2, -0.15) is 0 Å². The number of nitrogens with one attached hydrogen (secondary N) is 3. The quantitative estimate of drug-likeness (QED) is 0.576. The van der Waals surface area contributed by atoms with Gasteiger partial charge in [0.1, 0.15) is 5.69 Å². The summed E-state index contributed by atoms with van der Waals surface area (Å²) < 4.78 is 26.7. The van der Waals surface area contributed by atoms with Gasteiger partial charge in [-0.3, -0.25) is 4.79 Å². The van der Waals surface area contributed by atoms with Crippen LogP contribution in [0.1, 0.15) is 10.5 Å². The first-order valence-corrected chi connectivity index (χ1v) is 9.43. The molecule has 0 aliphatic rings. The van der Waals surface area contributed by atoms with Crippen LogP contribution >= 0.6 is 11.6 Å². The second kappa shape index (κ2) is 7.26. The third-order valence-electron chi connectivity index (χ3n) is 3.58. The molecule has 1 aromatic heterocycles. The maximum absolute atomic E-state index is 12.1. The van der Waals surface area contributed by atoms with Crippen molar-refractivity contribution in [1.82, 2.24) is 15.0 Å². The molecular formula is C17H16ClN3O3S. The van der Waals surface area contributed by atoms with Crippen molar-refractivity contribution in [3.63, 3.8) is 0 Å². The van der Waals surface area contributed by atoms with Gasteiger partial charge in [0, 0.05) is 29.0 Å². The van der Waals surface area contributed by atoms with E-state index in [1.807, 2.05) is 24.3 Å². The lowest BCUT2D eigenvalue weighted by atomic mass is 10.2. The van der Waals surface area contributed by atoms with Crippen LogP contribution in [0, 0.1) is 0 Å². The molecular weight excluding hydrogens is 362 g/mol. The lowest BCUT2D eigenvalue weighted by Gasteiger charge is -2.08. The van der Waals surface area contributed by atoms with Crippen molar-refractivity contribution in [2.75, 3.05) is 13.1 Å². The van der Waals surface area contributed by atoms with Crippen LogP contribution in [0.3, 0.4) is 0 Å². The summed E-state index contributed by atoms with van der Waals surface area (Å²) in [5.74, 6) is -0.293. The number of hydrogen-bond acceptors (Lipinski definition) is 3. The van der Waals surface area contributed by atoms with Gasteiger partial charge in [-0.25, -0.2) is 13.1 Å². The Morgan fingerprint density at radius 1 is 1.04 bits per heavy atom. The molecule has 1 heterocycles. The van der Waals surface area contributed by atoms with Crippen molar-refractivity contribution < 1.29 is 13.2 Å². The maximum Gasteiger partial charge on any atom is 0.267 e. The number of aromatic nitrogens is 1. The molecule has 0 aliphatic carbocycles. The van der Waals surface area contributed by atoms with Crippen LogP contribution < -0.4 is 10.0 Å². The first kappa shape index (κ1) is 17.5. The van der Waals surface area contributed by atoms with Gasteiger partial charge in [0.15, 0.2) is 0 Å². The Hall–Kier alpha value is -2.35. The standard InChI is InChI=1S/C17H16ClN3O3S/c18-13-5-3-6-14(11-13)25(23,24)20-9-8-19-17(22)16-10-12-4-1-2-7-15(12)21-16/h1-7,10-11,20-21H,8-9H2,(H,19,22). The molecule has 0 saturated carbocycles. The number of rotatable bonds is 6. The average molecular weight is 378 g/mol. The predicted molar refractivity (Wildman–Crippen MR) is 97.3 cm³/mol. The Kier molecular flexibility index (Phi) is 5.08. The Labute approximate surface area is 150 Å². The van der Waals surface area contributed by atoms with Crippen LogP contribution in [0.2, 0.25) is 5.02 Å². The highest BCUT2D eigenvalue weighted by atomic mass is 35.5. The summed E-state index contributed by atoms with van der Waals surface area (Å²) >= 11 is 5.80. The van der Waals surface area contributed by atoms with Crippen molar-refractivity contribution >= 4 is 38.4 Å². The molecule has 3 N–H and O–H groups in total. The zero-order valence-electron chi connectivity index (χ0n) is 13.1. The number of fused-ring (bicyclic) bond motifs is 1. The maximum atomic E-state index is 12.1. The molecule has 0 radical (unpaired) electrons. The van der Waals surface area contributed by atoms with Crippen molar-refractivity contribution in [3.05, 3.63) is 65.3 Å². The summed E-state index contributed by atoms with van der Waals surface area (Å²) in [6, 6.07) is 15.3. The summed E-state index contributed by atoms with van der Waals surface area (Å²) in [5.41, 5.74) is 1.30. The third-order valence-corrected chi connectivity index (χ3v) is 5.28. The minimum Gasteiger partial charge on any atom is -0.351 e. The summed E-state index contributed by atoms with van der Waals surface area (Å²) in [4.78, 5) is 15.2. The van der Waals surface area contributed by atoms with Crippen LogP contribution in [0.25, 0.3) is 10.9 Å². The summed E-state index contributed by atoms with van der Waals surface area (Å²) in [6.45, 7) is 0.231. The van der Waals surface area contributed by atoms with E-state index in [0.29, 0.717) is 10.7 Å². The van der Waals surface area contributed by atoms with E-state index in [9.17, 15) is 13.2 Å². The molecule has 0 atom stereocenters. The highest BCUT2D eigenvalue weighted by Crippen LogP contribution is 2.15. The number of para-hydroxylation sites is 1. The van der Waals surface area contributed by atoms with E-state index in [-0.39, 0.29) is 23.9 Å². The molecule has 0 fully saturated rings. The number of H-pyrrole nitrogens is 1. The number of benzene rings is 2. The minimum absolute atomic E-state index is 0.0703. The second-order valence-corrected chi connectivity index (χ2v) is 7.58. The predicted octanol–water partition coefficient (Wildman–Crippen LogP) is 2.53. The molecule has 2 aromatic carbocycles. The second-order valence-electron chi connectivity index (χ2n) is 5.38. The molecule has 0 unspecified atom stereocenters. The third kappa shape index (κ3) is 4.19. The molecule has 0 spiro atoms. The van der Waals surface area contributed by atoms with E-state index in [1.165, 1.54) is 12.1 Å². The lowest BCUT2D eigenvalue weighted by molar-refractivity contribution is 0.0950. The molecule has 3 aromatic rings. The van der Waals surface area contributed by atoms with Crippen LogP contribution in [-0.4, -0.2) is 32.4 Å². The number of halogens is 1. The zero-order chi connectivity index (χ0) is 17.9. The van der Waals surface area contributed by atoms with Gasteiger partial charge in [-0.15, -0.1) is 0 Å². The fourth-order valence-corrected chi connectivity index (χ4v) is 3.70. The van der Waals surface area contributed by atoms with Gasteiger partial charge in [0.25, 0.3) is 5.91 Å². The van der Waals surface area contributed by atoms with E-state index in [2.05, 4.69) is 15.0 Å². The van der Waals surface area contributed by atoms with Crippen LogP contribution in [0.15, 0.2) is 59.5 Å². The Bertz CT molecular complexity index is 982. The largest absolute Gasteiger partial charge is 0.351 e. The number of hydrogen-bond donors (Lipinski definition) is 3.